The first-order valence-corrected chi connectivity index (χ1v) is 22.5. The minimum Gasteiger partial charge on any atom is -0.480 e. The standard InChI is InChI=1S/C39H67N11O14S/c1-20(2)13-24(47-38(62)28-7-6-11-50(28)32(56)17-42-30(54)15-40)33(57)43-16-31(55)44-23(10-12-65-5)35(59)46-25(14-21(3)4)36(60)48-26(18-51)37(61)45-22(8-9-29(41)53)34(58)49-27(19-52)39(63)64/h20-28,51-52H,6-19,40H2,1-5H3,(H2,41,53)(H,42,54)(H,43,57)(H,44,55)(H,45,61)(H,46,59)(H,47,62)(H,48,60)(H,49,58)(H,63,64)/t22-,23-,24-,25-,26-,27-,28-/m0/s1. The monoisotopic (exact) mass is 945 g/mol. The van der Waals surface area contributed by atoms with Gasteiger partial charge in [0.25, 0.3) is 0 Å². The van der Waals surface area contributed by atoms with E-state index in [0.29, 0.717) is 18.6 Å². The van der Waals surface area contributed by atoms with Crippen LogP contribution in [0.1, 0.15) is 72.6 Å². The molecular formula is C39H67N11O14S. The average molecular weight is 946 g/mol. The lowest BCUT2D eigenvalue weighted by Crippen LogP contribution is -2.60. The van der Waals surface area contributed by atoms with Gasteiger partial charge in [-0.15, -0.1) is 0 Å². The molecule has 0 saturated carbocycles. The highest BCUT2D eigenvalue weighted by atomic mass is 32.2. The first kappa shape index (κ1) is 57.4. The predicted molar refractivity (Wildman–Crippen MR) is 234 cm³/mol. The van der Waals surface area contributed by atoms with Crippen LogP contribution < -0.4 is 54.0 Å². The number of carbonyl (C=O) groups excluding carboxylic acids is 10. The lowest BCUT2D eigenvalue weighted by Gasteiger charge is -2.27. The number of aliphatic carboxylic acids is 1. The molecule has 7 atom stereocenters. The number of nitrogens with two attached hydrogens (primary N) is 2. The topological polar surface area (TPSA) is 400 Å². The summed E-state index contributed by atoms with van der Waals surface area (Å²) in [4.78, 5) is 142. The van der Waals surface area contributed by atoms with Crippen LogP contribution in [0.2, 0.25) is 0 Å². The van der Waals surface area contributed by atoms with E-state index in [2.05, 4.69) is 37.2 Å². The normalized spacial score (nSPS) is 16.2. The number of primary amides is 1. The Morgan fingerprint density at radius 3 is 1.68 bits per heavy atom. The molecule has 1 aliphatic heterocycles. The maximum atomic E-state index is 13.7. The van der Waals surface area contributed by atoms with E-state index in [9.17, 15) is 68.1 Å². The van der Waals surface area contributed by atoms with E-state index in [1.165, 1.54) is 16.7 Å². The third-order valence-electron chi connectivity index (χ3n) is 9.79. The Morgan fingerprint density at radius 1 is 0.646 bits per heavy atom. The Morgan fingerprint density at radius 2 is 1.15 bits per heavy atom. The molecule has 1 fully saturated rings. The van der Waals surface area contributed by atoms with Crippen LogP contribution in [0.4, 0.5) is 0 Å². The maximum Gasteiger partial charge on any atom is 0.328 e. The van der Waals surface area contributed by atoms with Gasteiger partial charge in [-0.05, 0) is 62.4 Å². The molecule has 1 aliphatic rings. The molecule has 25 nitrogen and oxygen atoms in total. The first-order valence-electron chi connectivity index (χ1n) is 21.2. The second-order valence-electron chi connectivity index (χ2n) is 16.1. The molecule has 26 heteroatoms. The number of rotatable bonds is 30. The predicted octanol–water partition coefficient (Wildman–Crippen LogP) is -5.74. The van der Waals surface area contributed by atoms with Crippen molar-refractivity contribution in [3.63, 3.8) is 0 Å². The fourth-order valence-electron chi connectivity index (χ4n) is 6.42. The fraction of sp³-hybridized carbons (Fsp3) is 0.718. The number of nitrogens with one attached hydrogen (secondary N) is 8. The number of likely N-dealkylation sites (tertiary alicyclic amines) is 1. The zero-order chi connectivity index (χ0) is 49.4. The van der Waals surface area contributed by atoms with Crippen LogP contribution in [-0.2, 0) is 52.7 Å². The van der Waals surface area contributed by atoms with Gasteiger partial charge in [0.15, 0.2) is 0 Å². The number of hydrogen-bond acceptors (Lipinski definition) is 15. The highest BCUT2D eigenvalue weighted by molar-refractivity contribution is 7.98. The lowest BCUT2D eigenvalue weighted by atomic mass is 10.0. The first-order chi connectivity index (χ1) is 30.6. The van der Waals surface area contributed by atoms with Crippen LogP contribution >= 0.6 is 11.8 Å². The number of thioether (sulfide) groups is 1. The third kappa shape index (κ3) is 21.3. The summed E-state index contributed by atoms with van der Waals surface area (Å²) in [7, 11) is 0. The van der Waals surface area contributed by atoms with Crippen LogP contribution in [0.25, 0.3) is 0 Å². The zero-order valence-corrected chi connectivity index (χ0v) is 38.3. The molecule has 0 aromatic carbocycles. The van der Waals surface area contributed by atoms with Crippen molar-refractivity contribution in [1.29, 1.82) is 0 Å². The largest absolute Gasteiger partial charge is 0.480 e. The number of amides is 10. The summed E-state index contributed by atoms with van der Waals surface area (Å²) in [5, 5.41) is 47.7. The molecule has 65 heavy (non-hydrogen) atoms. The van der Waals surface area contributed by atoms with Gasteiger partial charge in [0.2, 0.25) is 59.1 Å². The van der Waals surface area contributed by atoms with Gasteiger partial charge in [0, 0.05) is 13.0 Å². The van der Waals surface area contributed by atoms with E-state index in [0.717, 1.165) is 0 Å². The van der Waals surface area contributed by atoms with Crippen molar-refractivity contribution in [3.8, 4) is 0 Å². The number of carbonyl (C=O) groups is 11. The fourth-order valence-corrected chi connectivity index (χ4v) is 6.90. The molecule has 0 aliphatic carbocycles. The van der Waals surface area contributed by atoms with Gasteiger partial charge in [-0.1, -0.05) is 27.7 Å². The van der Waals surface area contributed by atoms with Gasteiger partial charge in [0.1, 0.15) is 42.3 Å². The van der Waals surface area contributed by atoms with Crippen LogP contribution in [0.3, 0.4) is 0 Å². The highest BCUT2D eigenvalue weighted by Gasteiger charge is 2.37. The molecule has 0 spiro atoms. The molecule has 0 bridgehead atoms. The van der Waals surface area contributed by atoms with E-state index < -0.39 is 140 Å². The maximum absolute atomic E-state index is 13.7. The van der Waals surface area contributed by atoms with Crippen molar-refractivity contribution in [2.24, 2.45) is 23.3 Å². The third-order valence-corrected chi connectivity index (χ3v) is 10.4. The quantitative estimate of drug-likeness (QED) is 0.0319. The molecule has 368 valence electrons. The second kappa shape index (κ2) is 29.8. The Balaban J connectivity index is 3.09. The summed E-state index contributed by atoms with van der Waals surface area (Å²) in [5.74, 6) is -9.48. The number of aliphatic hydroxyl groups is 2. The second-order valence-corrected chi connectivity index (χ2v) is 17.1. The van der Waals surface area contributed by atoms with E-state index in [1.807, 2.05) is 19.2 Å². The van der Waals surface area contributed by atoms with Crippen molar-refractivity contribution in [1.82, 2.24) is 47.4 Å². The van der Waals surface area contributed by atoms with Crippen molar-refractivity contribution in [2.45, 2.75) is 115 Å². The van der Waals surface area contributed by atoms with Gasteiger partial charge < -0.3 is 74.2 Å². The van der Waals surface area contributed by atoms with E-state index in [4.69, 9.17) is 11.5 Å². The Kier molecular flexibility index (Phi) is 26.3. The summed E-state index contributed by atoms with van der Waals surface area (Å²) in [6, 6.07) is -9.62. The van der Waals surface area contributed by atoms with Gasteiger partial charge >= 0.3 is 5.97 Å². The number of hydrogen-bond donors (Lipinski definition) is 13. The van der Waals surface area contributed by atoms with Gasteiger partial charge in [-0.2, -0.15) is 11.8 Å². The van der Waals surface area contributed by atoms with Crippen molar-refractivity contribution >= 4 is 76.8 Å². The lowest BCUT2D eigenvalue weighted by molar-refractivity contribution is -0.143. The van der Waals surface area contributed by atoms with Crippen LogP contribution in [0.5, 0.6) is 0 Å². The molecule has 1 heterocycles. The van der Waals surface area contributed by atoms with Crippen molar-refractivity contribution < 1.29 is 68.1 Å². The molecule has 1 saturated heterocycles. The van der Waals surface area contributed by atoms with Gasteiger partial charge in [-0.3, -0.25) is 47.9 Å². The summed E-state index contributed by atoms with van der Waals surface area (Å²) < 4.78 is 0. The Hall–Kier alpha value is -5.60. The minimum atomic E-state index is -1.76. The molecule has 10 amide bonds. The molecule has 0 aromatic rings. The molecule has 1 rings (SSSR count). The van der Waals surface area contributed by atoms with E-state index in [-0.39, 0.29) is 50.7 Å². The summed E-state index contributed by atoms with van der Waals surface area (Å²) in [6.45, 7) is 4.09. The number of aliphatic hydroxyl groups excluding tert-OH is 2. The minimum absolute atomic E-state index is 0.0125. The highest BCUT2D eigenvalue weighted by Crippen LogP contribution is 2.18. The molecular weight excluding hydrogens is 879 g/mol. The van der Waals surface area contributed by atoms with Crippen molar-refractivity contribution in [2.75, 3.05) is 51.4 Å². The number of carboxylic acids is 1. The molecule has 0 radical (unpaired) electrons. The smallest absolute Gasteiger partial charge is 0.328 e. The van der Waals surface area contributed by atoms with Crippen LogP contribution in [0.15, 0.2) is 0 Å². The van der Waals surface area contributed by atoms with Crippen molar-refractivity contribution in [3.05, 3.63) is 0 Å². The molecule has 0 unspecified atom stereocenters. The zero-order valence-electron chi connectivity index (χ0n) is 37.4. The SMILES string of the molecule is CSCC[C@H](NC(=O)CNC(=O)[C@H](CC(C)C)NC(=O)[C@@H]1CCCN1C(=O)CNC(=O)CN)C(=O)N[C@@H](CC(C)C)C(=O)N[C@@H](CO)C(=O)N[C@@H](CCC(N)=O)C(=O)N[C@@H](CO)C(=O)O. The van der Waals surface area contributed by atoms with Crippen LogP contribution in [-0.4, -0.2) is 179 Å². The number of carboxylic acid groups (broad SMARTS) is 1. The Bertz CT molecular complexity index is 1690. The summed E-state index contributed by atoms with van der Waals surface area (Å²) in [6.07, 6.45) is 2.02. The van der Waals surface area contributed by atoms with E-state index >= 15 is 0 Å². The number of nitrogens with zero attached hydrogens (tertiary/aromatic N) is 1. The Labute approximate surface area is 381 Å². The van der Waals surface area contributed by atoms with Gasteiger partial charge in [0.05, 0.1) is 32.8 Å². The van der Waals surface area contributed by atoms with Crippen LogP contribution in [0, 0.1) is 11.8 Å². The average Bonchev–Trinajstić information content (AvgIpc) is 3.75. The molecule has 15 N–H and O–H groups in total. The summed E-state index contributed by atoms with van der Waals surface area (Å²) >= 11 is 1.36. The molecule has 0 aromatic heterocycles. The van der Waals surface area contributed by atoms with E-state index in [1.54, 1.807) is 20.1 Å². The van der Waals surface area contributed by atoms with Gasteiger partial charge in [-0.25, -0.2) is 4.79 Å². The summed E-state index contributed by atoms with van der Waals surface area (Å²) in [5.41, 5.74) is 10.5.